The number of nitrogens with one attached hydrogen (secondary N) is 1. The Morgan fingerprint density at radius 3 is 2.75 bits per heavy atom. The van der Waals surface area contributed by atoms with Crippen LogP contribution in [0.1, 0.15) is 46.0 Å². The molecule has 2 rings (SSSR count). The molecule has 1 N–H and O–H groups in total. The molecule has 0 aliphatic carbocycles. The quantitative estimate of drug-likeness (QED) is 0.918. The van der Waals surface area contributed by atoms with Crippen molar-refractivity contribution in [1.29, 1.82) is 0 Å². The second kappa shape index (κ2) is 5.86. The molecule has 1 aliphatic rings. The molecule has 0 bridgehead atoms. The Bertz CT molecular complexity index is 447. The van der Waals surface area contributed by atoms with E-state index in [0.717, 1.165) is 31.9 Å². The van der Waals surface area contributed by atoms with Crippen molar-refractivity contribution in [2.75, 3.05) is 13.1 Å². The lowest BCUT2D eigenvalue weighted by Crippen LogP contribution is -2.62. The Labute approximate surface area is 123 Å². The zero-order chi connectivity index (χ0) is 14.9. The third-order valence-electron chi connectivity index (χ3n) is 4.28. The number of hydrogen-bond acceptors (Lipinski definition) is 3. The summed E-state index contributed by atoms with van der Waals surface area (Å²) in [5, 5.41) is 8.25. The molecular formula is C16H30N4. The van der Waals surface area contributed by atoms with Crippen molar-refractivity contribution >= 4 is 0 Å². The number of nitrogens with zero attached hydrogens (tertiary/aromatic N) is 3. The first-order valence-electron chi connectivity index (χ1n) is 7.85. The number of piperazine rings is 1. The van der Waals surface area contributed by atoms with Crippen LogP contribution < -0.4 is 5.32 Å². The molecule has 1 aliphatic heterocycles. The van der Waals surface area contributed by atoms with E-state index in [0.29, 0.717) is 12.0 Å². The van der Waals surface area contributed by atoms with Crippen molar-refractivity contribution in [2.45, 2.75) is 66.2 Å². The largest absolute Gasteiger partial charge is 0.309 e. The van der Waals surface area contributed by atoms with Gasteiger partial charge in [-0.15, -0.1) is 0 Å². The highest BCUT2D eigenvalue weighted by Gasteiger charge is 2.34. The predicted molar refractivity (Wildman–Crippen MR) is 83.8 cm³/mol. The Balaban J connectivity index is 2.18. The second-order valence-corrected chi connectivity index (χ2v) is 7.07. The van der Waals surface area contributed by atoms with Gasteiger partial charge >= 0.3 is 0 Å². The molecule has 0 aromatic carbocycles. The molecule has 1 aromatic rings. The maximum atomic E-state index is 4.58. The van der Waals surface area contributed by atoms with Gasteiger partial charge in [0.2, 0.25) is 0 Å². The van der Waals surface area contributed by atoms with Crippen LogP contribution >= 0.6 is 0 Å². The van der Waals surface area contributed by atoms with Gasteiger partial charge in [-0.3, -0.25) is 9.58 Å². The molecule has 4 nitrogen and oxygen atoms in total. The minimum Gasteiger partial charge on any atom is -0.309 e. The molecule has 0 amide bonds. The molecule has 1 unspecified atom stereocenters. The van der Waals surface area contributed by atoms with E-state index in [9.17, 15) is 0 Å². The van der Waals surface area contributed by atoms with Crippen LogP contribution in [-0.4, -0.2) is 39.4 Å². The fourth-order valence-corrected chi connectivity index (χ4v) is 3.23. The summed E-state index contributed by atoms with van der Waals surface area (Å²) in [6.07, 6.45) is 0. The summed E-state index contributed by atoms with van der Waals surface area (Å²) in [5.74, 6) is 0.665. The van der Waals surface area contributed by atoms with E-state index in [1.807, 2.05) is 0 Å². The monoisotopic (exact) mass is 278 g/mol. The predicted octanol–water partition coefficient (Wildman–Crippen LogP) is 2.42. The molecule has 1 fully saturated rings. The van der Waals surface area contributed by atoms with E-state index >= 15 is 0 Å². The highest BCUT2D eigenvalue weighted by Crippen LogP contribution is 2.22. The van der Waals surface area contributed by atoms with E-state index in [-0.39, 0.29) is 5.54 Å². The lowest BCUT2D eigenvalue weighted by Gasteiger charge is -2.46. The highest BCUT2D eigenvalue weighted by atomic mass is 15.3. The smallest absolute Gasteiger partial charge is 0.0597 e. The third kappa shape index (κ3) is 3.41. The van der Waals surface area contributed by atoms with Gasteiger partial charge in [-0.05, 0) is 39.7 Å². The normalized spacial score (nSPS) is 23.4. The molecule has 1 atom stereocenters. The van der Waals surface area contributed by atoms with E-state index in [2.05, 4.69) is 67.6 Å². The average Bonchev–Trinajstić information content (AvgIpc) is 2.68. The van der Waals surface area contributed by atoms with Crippen LogP contribution in [0.4, 0.5) is 0 Å². The fourth-order valence-electron chi connectivity index (χ4n) is 3.23. The molecule has 20 heavy (non-hydrogen) atoms. The van der Waals surface area contributed by atoms with Crippen LogP contribution in [-0.2, 0) is 13.1 Å². The van der Waals surface area contributed by atoms with E-state index in [1.54, 1.807) is 0 Å². The van der Waals surface area contributed by atoms with Gasteiger partial charge in [-0.2, -0.15) is 5.10 Å². The van der Waals surface area contributed by atoms with E-state index in [4.69, 9.17) is 0 Å². The van der Waals surface area contributed by atoms with E-state index in [1.165, 1.54) is 5.69 Å². The van der Waals surface area contributed by atoms with Crippen molar-refractivity contribution < 1.29 is 0 Å². The molecule has 1 aromatic heterocycles. The van der Waals surface area contributed by atoms with Gasteiger partial charge in [-0.1, -0.05) is 13.8 Å². The molecule has 0 radical (unpaired) electrons. The SMILES string of the molecule is CCn1nc(C)cc1CN1CC(C)(C)NCC1C(C)C. The second-order valence-electron chi connectivity index (χ2n) is 7.07. The first-order chi connectivity index (χ1) is 9.32. The van der Waals surface area contributed by atoms with Crippen molar-refractivity contribution in [3.8, 4) is 0 Å². The van der Waals surface area contributed by atoms with Crippen LogP contribution in [0, 0.1) is 12.8 Å². The Morgan fingerprint density at radius 1 is 1.45 bits per heavy atom. The fraction of sp³-hybridized carbons (Fsp3) is 0.812. The van der Waals surface area contributed by atoms with Crippen LogP contribution in [0.3, 0.4) is 0 Å². The van der Waals surface area contributed by atoms with Gasteiger partial charge in [0.15, 0.2) is 0 Å². The number of hydrogen-bond donors (Lipinski definition) is 1. The molecular weight excluding hydrogens is 248 g/mol. The van der Waals surface area contributed by atoms with Crippen molar-refractivity contribution in [3.05, 3.63) is 17.5 Å². The van der Waals surface area contributed by atoms with Gasteiger partial charge < -0.3 is 5.32 Å². The molecule has 114 valence electrons. The highest BCUT2D eigenvalue weighted by molar-refractivity contribution is 5.10. The summed E-state index contributed by atoms with van der Waals surface area (Å²) in [5.41, 5.74) is 2.66. The molecule has 0 spiro atoms. The van der Waals surface area contributed by atoms with Crippen LogP contribution in [0.15, 0.2) is 6.07 Å². The van der Waals surface area contributed by atoms with Crippen LogP contribution in [0.2, 0.25) is 0 Å². The van der Waals surface area contributed by atoms with Crippen molar-refractivity contribution in [3.63, 3.8) is 0 Å². The standard InChI is InChI=1S/C16H30N4/c1-7-20-14(8-13(4)18-20)10-19-11-16(5,6)17-9-15(19)12(2)3/h8,12,15,17H,7,9-11H2,1-6H3. The first kappa shape index (κ1) is 15.5. The zero-order valence-electron chi connectivity index (χ0n) is 13.9. The summed E-state index contributed by atoms with van der Waals surface area (Å²) in [6.45, 7) is 17.6. The Kier molecular flexibility index (Phi) is 4.55. The minimum atomic E-state index is 0.192. The maximum Gasteiger partial charge on any atom is 0.0597 e. The summed E-state index contributed by atoms with van der Waals surface area (Å²) in [6, 6.07) is 2.83. The van der Waals surface area contributed by atoms with Gasteiger partial charge in [0.05, 0.1) is 11.4 Å². The van der Waals surface area contributed by atoms with Gasteiger partial charge in [0.1, 0.15) is 0 Å². The van der Waals surface area contributed by atoms with Gasteiger partial charge in [0, 0.05) is 37.8 Å². The van der Waals surface area contributed by atoms with Gasteiger partial charge in [0.25, 0.3) is 0 Å². The zero-order valence-corrected chi connectivity index (χ0v) is 13.9. The van der Waals surface area contributed by atoms with Gasteiger partial charge in [-0.25, -0.2) is 0 Å². The third-order valence-corrected chi connectivity index (χ3v) is 4.28. The first-order valence-corrected chi connectivity index (χ1v) is 7.85. The number of aromatic nitrogens is 2. The lowest BCUT2D eigenvalue weighted by molar-refractivity contribution is 0.0605. The minimum absolute atomic E-state index is 0.192. The number of rotatable bonds is 4. The maximum absolute atomic E-state index is 4.58. The Hall–Kier alpha value is -0.870. The van der Waals surface area contributed by atoms with E-state index < -0.39 is 0 Å². The average molecular weight is 278 g/mol. The molecule has 1 saturated heterocycles. The van der Waals surface area contributed by atoms with Crippen molar-refractivity contribution in [1.82, 2.24) is 20.0 Å². The summed E-state index contributed by atoms with van der Waals surface area (Å²) in [4.78, 5) is 2.63. The molecule has 4 heteroatoms. The topological polar surface area (TPSA) is 33.1 Å². The van der Waals surface area contributed by atoms with Crippen LogP contribution in [0.25, 0.3) is 0 Å². The molecule has 0 saturated carbocycles. The lowest BCUT2D eigenvalue weighted by atomic mass is 9.93. The van der Waals surface area contributed by atoms with Crippen molar-refractivity contribution in [2.24, 2.45) is 5.92 Å². The summed E-state index contributed by atoms with van der Waals surface area (Å²) >= 11 is 0. The Morgan fingerprint density at radius 2 is 2.15 bits per heavy atom. The number of aryl methyl sites for hydroxylation is 2. The van der Waals surface area contributed by atoms with Crippen LogP contribution in [0.5, 0.6) is 0 Å². The summed E-state index contributed by atoms with van der Waals surface area (Å²) < 4.78 is 2.14. The molecule has 2 heterocycles. The summed E-state index contributed by atoms with van der Waals surface area (Å²) in [7, 11) is 0.